The third-order valence-corrected chi connectivity index (χ3v) is 4.71. The average Bonchev–Trinajstić information content (AvgIpc) is 3.23. The number of nitrogens with zero attached hydrogens (tertiary/aromatic N) is 3. The van der Waals surface area contributed by atoms with Gasteiger partial charge in [-0.05, 0) is 24.1 Å². The molecule has 1 fully saturated rings. The fourth-order valence-electron chi connectivity index (χ4n) is 3.50. The summed E-state index contributed by atoms with van der Waals surface area (Å²) in [6.45, 7) is 1.60. The maximum atomic E-state index is 13.0. The van der Waals surface area contributed by atoms with E-state index < -0.39 is 0 Å². The van der Waals surface area contributed by atoms with Crippen molar-refractivity contribution in [1.82, 2.24) is 14.5 Å². The van der Waals surface area contributed by atoms with Gasteiger partial charge in [-0.25, -0.2) is 4.98 Å². The van der Waals surface area contributed by atoms with Crippen molar-refractivity contribution < 1.29 is 4.79 Å². The van der Waals surface area contributed by atoms with Crippen molar-refractivity contribution in [3.8, 4) is 0 Å². The van der Waals surface area contributed by atoms with Gasteiger partial charge in [-0.3, -0.25) is 4.79 Å². The van der Waals surface area contributed by atoms with Crippen LogP contribution in [-0.4, -0.2) is 33.4 Å². The van der Waals surface area contributed by atoms with Crippen molar-refractivity contribution in [3.05, 3.63) is 66.0 Å². The number of benzene rings is 2. The fourth-order valence-corrected chi connectivity index (χ4v) is 3.50. The largest absolute Gasteiger partial charge is 0.338 e. The van der Waals surface area contributed by atoms with Gasteiger partial charge in [0.25, 0.3) is 5.91 Å². The molecule has 4 heteroatoms. The molecule has 3 aromatic rings. The molecule has 4 rings (SSSR count). The van der Waals surface area contributed by atoms with E-state index in [4.69, 9.17) is 0 Å². The second kappa shape index (κ2) is 5.54. The molecule has 1 aromatic heterocycles. The molecule has 1 atom stereocenters. The first kappa shape index (κ1) is 14.0. The van der Waals surface area contributed by atoms with Gasteiger partial charge in [0.2, 0.25) is 0 Å². The number of aromatic nitrogens is 2. The van der Waals surface area contributed by atoms with Crippen LogP contribution >= 0.6 is 0 Å². The Balaban J connectivity index is 1.61. The van der Waals surface area contributed by atoms with Crippen molar-refractivity contribution in [1.29, 1.82) is 0 Å². The molecule has 0 N–H and O–H groups in total. The van der Waals surface area contributed by atoms with E-state index in [1.807, 2.05) is 40.8 Å². The fraction of sp³-hybridized carbons (Fsp3) is 0.263. The standard InChI is InChI=1S/C19H19N3O/c1-21-13-20-17-9-5-8-16(18(17)21)19(23)22-11-10-15(12-22)14-6-3-2-4-7-14/h2-9,13,15H,10-12H2,1H3. The number of rotatable bonds is 2. The van der Waals surface area contributed by atoms with E-state index in [-0.39, 0.29) is 5.91 Å². The molecular formula is C19H19N3O. The number of hydrogen-bond acceptors (Lipinski definition) is 2. The van der Waals surface area contributed by atoms with E-state index in [0.717, 1.165) is 36.1 Å². The predicted octanol–water partition coefficient (Wildman–Crippen LogP) is 3.20. The number of imidazole rings is 1. The van der Waals surface area contributed by atoms with Crippen LogP contribution in [0.25, 0.3) is 11.0 Å². The number of likely N-dealkylation sites (tertiary alicyclic amines) is 1. The normalized spacial score (nSPS) is 17.8. The van der Waals surface area contributed by atoms with Crippen molar-refractivity contribution in [2.75, 3.05) is 13.1 Å². The molecule has 2 aromatic carbocycles. The van der Waals surface area contributed by atoms with E-state index in [1.165, 1.54) is 5.56 Å². The third kappa shape index (κ3) is 2.40. The van der Waals surface area contributed by atoms with E-state index in [9.17, 15) is 4.79 Å². The maximum Gasteiger partial charge on any atom is 0.256 e. The Morgan fingerprint density at radius 3 is 2.78 bits per heavy atom. The molecule has 4 nitrogen and oxygen atoms in total. The Kier molecular flexibility index (Phi) is 3.37. The molecule has 0 spiro atoms. The van der Waals surface area contributed by atoms with Gasteiger partial charge in [0.05, 0.1) is 22.9 Å². The first-order valence-electron chi connectivity index (χ1n) is 7.98. The van der Waals surface area contributed by atoms with Crippen molar-refractivity contribution in [2.24, 2.45) is 7.05 Å². The molecule has 0 radical (unpaired) electrons. The van der Waals surface area contributed by atoms with Gasteiger partial charge in [0.15, 0.2) is 0 Å². The first-order chi connectivity index (χ1) is 11.2. The van der Waals surface area contributed by atoms with Crippen LogP contribution in [0.5, 0.6) is 0 Å². The van der Waals surface area contributed by atoms with Crippen molar-refractivity contribution in [2.45, 2.75) is 12.3 Å². The van der Waals surface area contributed by atoms with Gasteiger partial charge in [-0.1, -0.05) is 36.4 Å². The minimum atomic E-state index is 0.109. The molecule has 1 saturated heterocycles. The van der Waals surface area contributed by atoms with E-state index >= 15 is 0 Å². The lowest BCUT2D eigenvalue weighted by molar-refractivity contribution is 0.0792. The highest BCUT2D eigenvalue weighted by Crippen LogP contribution is 2.29. The summed E-state index contributed by atoms with van der Waals surface area (Å²) in [6, 6.07) is 16.2. The van der Waals surface area contributed by atoms with Crippen LogP contribution in [0.2, 0.25) is 0 Å². The third-order valence-electron chi connectivity index (χ3n) is 4.71. The minimum Gasteiger partial charge on any atom is -0.338 e. The monoisotopic (exact) mass is 305 g/mol. The summed E-state index contributed by atoms with van der Waals surface area (Å²) in [5.74, 6) is 0.545. The molecule has 1 aliphatic rings. The van der Waals surface area contributed by atoms with Crippen LogP contribution in [0.1, 0.15) is 28.3 Å². The van der Waals surface area contributed by atoms with Crippen LogP contribution in [0, 0.1) is 0 Å². The van der Waals surface area contributed by atoms with Gasteiger partial charge < -0.3 is 9.47 Å². The van der Waals surface area contributed by atoms with Gasteiger partial charge in [0.1, 0.15) is 0 Å². The number of carbonyl (C=O) groups is 1. The summed E-state index contributed by atoms with van der Waals surface area (Å²) in [5, 5.41) is 0. The Hall–Kier alpha value is -2.62. The zero-order chi connectivity index (χ0) is 15.8. The van der Waals surface area contributed by atoms with Crippen molar-refractivity contribution >= 4 is 16.9 Å². The molecule has 0 aliphatic carbocycles. The van der Waals surface area contributed by atoms with Gasteiger partial charge >= 0.3 is 0 Å². The molecule has 2 heterocycles. The number of aryl methyl sites for hydroxylation is 1. The number of amides is 1. The lowest BCUT2D eigenvalue weighted by atomic mass is 9.99. The Bertz CT molecular complexity index is 853. The van der Waals surface area contributed by atoms with E-state index in [1.54, 1.807) is 6.33 Å². The SMILES string of the molecule is Cn1cnc2cccc(C(=O)N3CCC(c4ccccc4)C3)c21. The van der Waals surface area contributed by atoms with Crippen LogP contribution in [-0.2, 0) is 7.05 Å². The lowest BCUT2D eigenvalue weighted by Gasteiger charge is -2.17. The van der Waals surface area contributed by atoms with E-state index in [2.05, 4.69) is 29.2 Å². The summed E-state index contributed by atoms with van der Waals surface area (Å²) in [5.41, 5.74) is 3.86. The highest BCUT2D eigenvalue weighted by Gasteiger charge is 2.29. The van der Waals surface area contributed by atoms with Gasteiger partial charge in [-0.15, -0.1) is 0 Å². The van der Waals surface area contributed by atoms with Gasteiger partial charge in [-0.2, -0.15) is 0 Å². The van der Waals surface area contributed by atoms with Crippen LogP contribution in [0.4, 0.5) is 0 Å². The van der Waals surface area contributed by atoms with Crippen LogP contribution in [0.3, 0.4) is 0 Å². The molecule has 23 heavy (non-hydrogen) atoms. The molecular weight excluding hydrogens is 286 g/mol. The topological polar surface area (TPSA) is 38.1 Å². The zero-order valence-corrected chi connectivity index (χ0v) is 13.1. The smallest absolute Gasteiger partial charge is 0.256 e. The van der Waals surface area contributed by atoms with Crippen LogP contribution < -0.4 is 0 Å². The van der Waals surface area contributed by atoms with Crippen molar-refractivity contribution in [3.63, 3.8) is 0 Å². The summed E-state index contributed by atoms with van der Waals surface area (Å²) in [7, 11) is 1.93. The summed E-state index contributed by atoms with van der Waals surface area (Å²) >= 11 is 0. The summed E-state index contributed by atoms with van der Waals surface area (Å²) < 4.78 is 1.92. The number of fused-ring (bicyclic) bond motifs is 1. The zero-order valence-electron chi connectivity index (χ0n) is 13.1. The van der Waals surface area contributed by atoms with Gasteiger partial charge in [0, 0.05) is 26.1 Å². The molecule has 116 valence electrons. The predicted molar refractivity (Wildman–Crippen MR) is 90.4 cm³/mol. The lowest BCUT2D eigenvalue weighted by Crippen LogP contribution is -2.28. The Labute approximate surface area is 135 Å². The number of carbonyl (C=O) groups excluding carboxylic acids is 1. The van der Waals surface area contributed by atoms with E-state index in [0.29, 0.717) is 5.92 Å². The highest BCUT2D eigenvalue weighted by molar-refractivity contribution is 6.05. The summed E-state index contributed by atoms with van der Waals surface area (Å²) in [6.07, 6.45) is 2.79. The molecule has 0 saturated carbocycles. The molecule has 1 aliphatic heterocycles. The molecule has 1 unspecified atom stereocenters. The number of para-hydroxylation sites is 1. The maximum absolute atomic E-state index is 13.0. The average molecular weight is 305 g/mol. The second-order valence-electron chi connectivity index (χ2n) is 6.18. The quantitative estimate of drug-likeness (QED) is 0.729. The number of hydrogen-bond donors (Lipinski definition) is 0. The first-order valence-corrected chi connectivity index (χ1v) is 7.98. The van der Waals surface area contributed by atoms with Crippen LogP contribution in [0.15, 0.2) is 54.9 Å². The summed E-state index contributed by atoms with van der Waals surface area (Å²) in [4.78, 5) is 19.3. The molecule has 0 bridgehead atoms. The minimum absolute atomic E-state index is 0.109. The molecule has 1 amide bonds. The Morgan fingerprint density at radius 2 is 1.96 bits per heavy atom. The second-order valence-corrected chi connectivity index (χ2v) is 6.18. The Morgan fingerprint density at radius 1 is 1.13 bits per heavy atom. The highest BCUT2D eigenvalue weighted by atomic mass is 16.2.